The Bertz CT molecular complexity index is 360. The molecule has 0 radical (unpaired) electrons. The standard InChI is InChI=1S/C13H24N4O/c1-3-17-10-15-9-13(17)12(8-14)16(2)11-4-6-18-7-5-11/h9-12H,3-8,14H2,1-2H3. The Morgan fingerprint density at radius 3 is 2.89 bits per heavy atom. The molecule has 2 heterocycles. The second-order valence-electron chi connectivity index (χ2n) is 4.87. The molecule has 0 spiro atoms. The summed E-state index contributed by atoms with van der Waals surface area (Å²) in [5, 5.41) is 0. The zero-order chi connectivity index (χ0) is 13.0. The number of rotatable bonds is 5. The molecule has 0 aliphatic carbocycles. The molecule has 5 heteroatoms. The molecule has 1 aliphatic rings. The number of imidazole rings is 1. The summed E-state index contributed by atoms with van der Waals surface area (Å²) in [6.07, 6.45) is 6.01. The second kappa shape index (κ2) is 6.31. The Kier molecular flexibility index (Phi) is 4.74. The van der Waals surface area contributed by atoms with Gasteiger partial charge in [-0.1, -0.05) is 0 Å². The van der Waals surface area contributed by atoms with Gasteiger partial charge in [0.05, 0.1) is 18.1 Å². The Morgan fingerprint density at radius 1 is 1.56 bits per heavy atom. The van der Waals surface area contributed by atoms with Gasteiger partial charge in [0.25, 0.3) is 0 Å². The van der Waals surface area contributed by atoms with Gasteiger partial charge >= 0.3 is 0 Å². The highest BCUT2D eigenvalue weighted by atomic mass is 16.5. The molecule has 0 amide bonds. The number of hydrogen-bond acceptors (Lipinski definition) is 4. The van der Waals surface area contributed by atoms with E-state index in [-0.39, 0.29) is 6.04 Å². The molecule has 1 aliphatic heterocycles. The van der Waals surface area contributed by atoms with Crippen LogP contribution in [0.1, 0.15) is 31.5 Å². The maximum absolute atomic E-state index is 5.98. The smallest absolute Gasteiger partial charge is 0.0948 e. The number of aryl methyl sites for hydroxylation is 1. The first kappa shape index (κ1) is 13.5. The maximum Gasteiger partial charge on any atom is 0.0948 e. The Morgan fingerprint density at radius 2 is 2.28 bits per heavy atom. The van der Waals surface area contributed by atoms with Crippen molar-refractivity contribution < 1.29 is 4.74 Å². The van der Waals surface area contributed by atoms with Crippen molar-refractivity contribution in [3.63, 3.8) is 0 Å². The van der Waals surface area contributed by atoms with Crippen molar-refractivity contribution in [3.8, 4) is 0 Å². The third-order valence-corrected chi connectivity index (χ3v) is 3.91. The molecule has 2 rings (SSSR count). The summed E-state index contributed by atoms with van der Waals surface area (Å²) in [6.45, 7) is 5.42. The predicted molar refractivity (Wildman–Crippen MR) is 71.3 cm³/mol. The highest BCUT2D eigenvalue weighted by molar-refractivity contribution is 5.07. The van der Waals surface area contributed by atoms with E-state index in [9.17, 15) is 0 Å². The number of hydrogen-bond donors (Lipinski definition) is 1. The molecule has 1 aromatic rings. The third kappa shape index (κ3) is 2.74. The number of ether oxygens (including phenoxy) is 1. The second-order valence-corrected chi connectivity index (χ2v) is 4.87. The van der Waals surface area contributed by atoms with Crippen molar-refractivity contribution in [2.45, 2.75) is 38.4 Å². The van der Waals surface area contributed by atoms with E-state index in [1.807, 2.05) is 12.5 Å². The molecule has 0 saturated carbocycles. The Balaban J connectivity index is 2.12. The van der Waals surface area contributed by atoms with Gasteiger partial charge in [-0.3, -0.25) is 4.90 Å². The topological polar surface area (TPSA) is 56.3 Å². The fourth-order valence-electron chi connectivity index (χ4n) is 2.72. The van der Waals surface area contributed by atoms with Gasteiger partial charge in [-0.05, 0) is 26.8 Å². The molecule has 0 bridgehead atoms. The predicted octanol–water partition coefficient (Wildman–Crippen LogP) is 1.01. The van der Waals surface area contributed by atoms with Crippen LogP contribution in [0, 0.1) is 0 Å². The molecule has 0 aromatic carbocycles. The molecule has 102 valence electrons. The summed E-state index contributed by atoms with van der Waals surface area (Å²) in [5.41, 5.74) is 7.20. The fraction of sp³-hybridized carbons (Fsp3) is 0.769. The monoisotopic (exact) mass is 252 g/mol. The summed E-state index contributed by atoms with van der Waals surface area (Å²) in [7, 11) is 2.17. The van der Waals surface area contributed by atoms with E-state index in [0.29, 0.717) is 12.6 Å². The minimum Gasteiger partial charge on any atom is -0.381 e. The first-order valence-corrected chi connectivity index (χ1v) is 6.77. The largest absolute Gasteiger partial charge is 0.381 e. The van der Waals surface area contributed by atoms with Crippen molar-refractivity contribution in [2.24, 2.45) is 5.73 Å². The van der Waals surface area contributed by atoms with Gasteiger partial charge in [0.15, 0.2) is 0 Å². The van der Waals surface area contributed by atoms with Gasteiger partial charge < -0.3 is 15.0 Å². The average Bonchev–Trinajstić information content (AvgIpc) is 2.89. The number of nitrogens with zero attached hydrogens (tertiary/aromatic N) is 3. The lowest BCUT2D eigenvalue weighted by Crippen LogP contribution is -2.42. The van der Waals surface area contributed by atoms with Crippen molar-refractivity contribution in [1.82, 2.24) is 14.5 Å². The van der Waals surface area contributed by atoms with Crippen molar-refractivity contribution in [3.05, 3.63) is 18.2 Å². The van der Waals surface area contributed by atoms with Crippen LogP contribution in [-0.2, 0) is 11.3 Å². The van der Waals surface area contributed by atoms with E-state index in [0.717, 1.165) is 32.6 Å². The van der Waals surface area contributed by atoms with Gasteiger partial charge in [0.2, 0.25) is 0 Å². The molecule has 5 nitrogen and oxygen atoms in total. The summed E-state index contributed by atoms with van der Waals surface area (Å²) >= 11 is 0. The summed E-state index contributed by atoms with van der Waals surface area (Å²) < 4.78 is 7.60. The van der Waals surface area contributed by atoms with Crippen molar-refractivity contribution in [1.29, 1.82) is 0 Å². The third-order valence-electron chi connectivity index (χ3n) is 3.91. The van der Waals surface area contributed by atoms with Crippen LogP contribution in [0.3, 0.4) is 0 Å². The van der Waals surface area contributed by atoms with Crippen LogP contribution in [0.5, 0.6) is 0 Å². The maximum atomic E-state index is 5.98. The molecule has 2 N–H and O–H groups in total. The van der Waals surface area contributed by atoms with E-state index in [1.165, 1.54) is 5.69 Å². The van der Waals surface area contributed by atoms with E-state index in [2.05, 4.69) is 28.4 Å². The normalized spacial score (nSPS) is 19.3. The number of likely N-dealkylation sites (N-methyl/N-ethyl adjacent to an activating group) is 1. The van der Waals surface area contributed by atoms with Crippen molar-refractivity contribution >= 4 is 0 Å². The molecule has 1 atom stereocenters. The van der Waals surface area contributed by atoms with E-state index in [1.54, 1.807) is 0 Å². The average molecular weight is 252 g/mol. The first-order chi connectivity index (χ1) is 8.77. The molecule has 1 unspecified atom stereocenters. The first-order valence-electron chi connectivity index (χ1n) is 6.77. The minimum atomic E-state index is 0.246. The SMILES string of the molecule is CCn1cncc1C(CN)N(C)C1CCOCC1. The van der Waals surface area contributed by atoms with E-state index >= 15 is 0 Å². The van der Waals surface area contributed by atoms with Crippen LogP contribution in [-0.4, -0.2) is 47.3 Å². The van der Waals surface area contributed by atoms with Crippen LogP contribution in [0.25, 0.3) is 0 Å². The molecule has 1 saturated heterocycles. The Labute approximate surface area is 109 Å². The number of aromatic nitrogens is 2. The zero-order valence-corrected chi connectivity index (χ0v) is 11.4. The molecule has 1 aromatic heterocycles. The van der Waals surface area contributed by atoms with Crippen LogP contribution in [0.2, 0.25) is 0 Å². The van der Waals surface area contributed by atoms with Gasteiger partial charge in [-0.25, -0.2) is 4.98 Å². The molecule has 18 heavy (non-hydrogen) atoms. The summed E-state index contributed by atoms with van der Waals surface area (Å²) in [4.78, 5) is 6.64. The lowest BCUT2D eigenvalue weighted by Gasteiger charge is -2.36. The van der Waals surface area contributed by atoms with Crippen LogP contribution in [0.4, 0.5) is 0 Å². The molecule has 1 fully saturated rings. The fourth-order valence-corrected chi connectivity index (χ4v) is 2.72. The molecular weight excluding hydrogens is 228 g/mol. The van der Waals surface area contributed by atoms with Crippen molar-refractivity contribution in [2.75, 3.05) is 26.8 Å². The summed E-state index contributed by atoms with van der Waals surface area (Å²) in [6, 6.07) is 0.808. The van der Waals surface area contributed by atoms with Crippen LogP contribution in [0.15, 0.2) is 12.5 Å². The summed E-state index contributed by atoms with van der Waals surface area (Å²) in [5.74, 6) is 0. The van der Waals surface area contributed by atoms with E-state index < -0.39 is 0 Å². The minimum absolute atomic E-state index is 0.246. The quantitative estimate of drug-likeness (QED) is 0.850. The number of nitrogens with two attached hydrogens (primary N) is 1. The van der Waals surface area contributed by atoms with Gasteiger partial charge in [-0.15, -0.1) is 0 Å². The highest BCUT2D eigenvalue weighted by Crippen LogP contribution is 2.24. The zero-order valence-electron chi connectivity index (χ0n) is 11.4. The lowest BCUT2D eigenvalue weighted by molar-refractivity contribution is 0.0282. The molecular formula is C13H24N4O. The van der Waals surface area contributed by atoms with Gasteiger partial charge in [0.1, 0.15) is 0 Å². The van der Waals surface area contributed by atoms with Gasteiger partial charge in [-0.2, -0.15) is 0 Å². The van der Waals surface area contributed by atoms with Crippen LogP contribution >= 0.6 is 0 Å². The van der Waals surface area contributed by atoms with Crippen LogP contribution < -0.4 is 5.73 Å². The van der Waals surface area contributed by atoms with Gasteiger partial charge in [0, 0.05) is 38.5 Å². The Hall–Kier alpha value is -0.910. The lowest BCUT2D eigenvalue weighted by atomic mass is 10.0. The van der Waals surface area contributed by atoms with E-state index in [4.69, 9.17) is 10.5 Å². The highest BCUT2D eigenvalue weighted by Gasteiger charge is 2.26.